The summed E-state index contributed by atoms with van der Waals surface area (Å²) in [6, 6.07) is 4.12. The average Bonchev–Trinajstić information content (AvgIpc) is 2.83. The number of aromatic hydroxyl groups is 4. The first-order valence-corrected chi connectivity index (χ1v) is 10.2. The second-order valence-corrected chi connectivity index (χ2v) is 7.79. The van der Waals surface area contributed by atoms with E-state index in [1.54, 1.807) is 0 Å². The number of benzene rings is 2. The molecule has 1 fully saturated rings. The molecule has 1 saturated heterocycles. The number of ether oxygens (including phenoxy) is 3. The summed E-state index contributed by atoms with van der Waals surface area (Å²) in [4.78, 5) is 13.5. The molecule has 0 amide bonds. The van der Waals surface area contributed by atoms with Crippen LogP contribution in [0, 0.1) is 0 Å². The molecule has 0 aliphatic carbocycles. The summed E-state index contributed by atoms with van der Waals surface area (Å²) in [5.74, 6) is -3.87. The van der Waals surface area contributed by atoms with Crippen LogP contribution < -0.4 is 14.9 Å². The minimum atomic E-state index is -1.88. The monoisotopic (exact) mass is 494 g/mol. The van der Waals surface area contributed by atoms with Crippen molar-refractivity contribution in [1.82, 2.24) is 0 Å². The van der Waals surface area contributed by atoms with Crippen LogP contribution in [0.25, 0.3) is 22.3 Å². The molecular formula is C22H22O13. The zero-order valence-corrected chi connectivity index (χ0v) is 18.0. The minimum Gasteiger partial charge on any atom is -0.508 e. The molecule has 1 aliphatic rings. The maximum Gasteiger partial charge on any atom is 0.239 e. The zero-order valence-electron chi connectivity index (χ0n) is 18.0. The number of aliphatic hydroxyl groups is 4. The Hall–Kier alpha value is -3.75. The van der Waals surface area contributed by atoms with Crippen LogP contribution in [0.5, 0.6) is 34.5 Å². The van der Waals surface area contributed by atoms with Gasteiger partial charge in [-0.3, -0.25) is 4.79 Å². The van der Waals surface area contributed by atoms with E-state index in [1.807, 2.05) is 0 Å². The topological polar surface area (TPSA) is 220 Å². The van der Waals surface area contributed by atoms with E-state index in [1.165, 1.54) is 7.11 Å². The minimum absolute atomic E-state index is 0.102. The Bertz CT molecular complexity index is 1290. The van der Waals surface area contributed by atoms with Crippen molar-refractivity contribution >= 4 is 11.0 Å². The lowest BCUT2D eigenvalue weighted by atomic mass is 9.99. The number of hydrogen-bond acceptors (Lipinski definition) is 13. The molecule has 5 atom stereocenters. The molecule has 2 aromatic carbocycles. The fourth-order valence-corrected chi connectivity index (χ4v) is 3.73. The lowest BCUT2D eigenvalue weighted by Gasteiger charge is -2.39. The highest BCUT2D eigenvalue weighted by Gasteiger charge is 2.45. The normalized spacial score (nSPS) is 24.4. The smallest absolute Gasteiger partial charge is 0.239 e. The predicted molar refractivity (Wildman–Crippen MR) is 116 cm³/mol. The Labute approximate surface area is 195 Å². The molecule has 2 unspecified atom stereocenters. The fourth-order valence-electron chi connectivity index (χ4n) is 3.73. The molecule has 13 nitrogen and oxygen atoms in total. The van der Waals surface area contributed by atoms with E-state index < -0.39 is 71.5 Å². The number of hydrogen-bond donors (Lipinski definition) is 8. The Kier molecular flexibility index (Phi) is 6.36. The first kappa shape index (κ1) is 24.4. The molecule has 8 N–H and O–H groups in total. The number of fused-ring (bicyclic) bond motifs is 1. The largest absolute Gasteiger partial charge is 0.508 e. The molecular weight excluding hydrogens is 472 g/mol. The molecule has 4 rings (SSSR count). The number of methoxy groups -OCH3 is 1. The van der Waals surface area contributed by atoms with Crippen LogP contribution in [0.1, 0.15) is 0 Å². The third-order valence-corrected chi connectivity index (χ3v) is 5.54. The standard InChI is InChI=1S/C22H22O13/c1-32-11-4-8(24)5-12-14(11)17(29)21(20(33-12)7-2-9(25)15(27)10(26)3-7)35-22-19(31)18(30)16(28)13(6-23)34-22/h2-5,13,16,18-19,22-28,30-31H,6H2,1H3/t13-,16-,18?,19?,22+/m1/s1. The fraction of sp³-hybridized carbons (Fsp3) is 0.318. The van der Waals surface area contributed by atoms with Gasteiger partial charge in [0.15, 0.2) is 23.0 Å². The number of phenols is 4. The second kappa shape index (κ2) is 9.13. The van der Waals surface area contributed by atoms with E-state index in [2.05, 4.69) is 0 Å². The third-order valence-electron chi connectivity index (χ3n) is 5.54. The molecule has 188 valence electrons. The van der Waals surface area contributed by atoms with Crippen molar-refractivity contribution in [2.45, 2.75) is 30.7 Å². The molecule has 35 heavy (non-hydrogen) atoms. The van der Waals surface area contributed by atoms with Crippen LogP contribution >= 0.6 is 0 Å². The lowest BCUT2D eigenvalue weighted by molar-refractivity contribution is -0.277. The van der Waals surface area contributed by atoms with E-state index in [0.717, 1.165) is 24.3 Å². The molecule has 3 aromatic rings. The van der Waals surface area contributed by atoms with Crippen molar-refractivity contribution < 1.29 is 59.5 Å². The van der Waals surface area contributed by atoms with E-state index in [9.17, 15) is 45.6 Å². The van der Waals surface area contributed by atoms with Gasteiger partial charge < -0.3 is 59.5 Å². The van der Waals surface area contributed by atoms with Crippen LogP contribution in [0.3, 0.4) is 0 Å². The Morgan fingerprint density at radius 3 is 2.20 bits per heavy atom. The number of phenolic OH excluding ortho intramolecular Hbond substituents is 4. The Balaban J connectivity index is 1.96. The highest BCUT2D eigenvalue weighted by atomic mass is 16.7. The van der Waals surface area contributed by atoms with E-state index in [-0.39, 0.29) is 28.0 Å². The molecule has 0 saturated carbocycles. The molecule has 1 aromatic heterocycles. The van der Waals surface area contributed by atoms with Crippen molar-refractivity contribution in [2.75, 3.05) is 13.7 Å². The predicted octanol–water partition coefficient (Wildman–Crippen LogP) is -0.530. The summed E-state index contributed by atoms with van der Waals surface area (Å²) in [5.41, 5.74) is -1.25. The van der Waals surface area contributed by atoms with Crippen molar-refractivity contribution in [1.29, 1.82) is 0 Å². The molecule has 0 bridgehead atoms. The van der Waals surface area contributed by atoms with E-state index in [0.29, 0.717) is 0 Å². The van der Waals surface area contributed by atoms with Crippen LogP contribution in [-0.2, 0) is 4.74 Å². The van der Waals surface area contributed by atoms with Gasteiger partial charge in [-0.1, -0.05) is 0 Å². The van der Waals surface area contributed by atoms with Gasteiger partial charge in [-0.05, 0) is 12.1 Å². The third kappa shape index (κ3) is 4.15. The highest BCUT2D eigenvalue weighted by Crippen LogP contribution is 2.43. The SMILES string of the molecule is COc1cc(O)cc2oc(-c3cc(O)c(O)c(O)c3)c(O[C@@H]3O[C@H](CO)[C@@H](O)C(O)C3O)c(=O)c12. The quantitative estimate of drug-likeness (QED) is 0.209. The zero-order chi connectivity index (χ0) is 25.6. The number of rotatable bonds is 5. The first-order valence-electron chi connectivity index (χ1n) is 10.2. The Morgan fingerprint density at radius 2 is 1.60 bits per heavy atom. The summed E-state index contributed by atoms with van der Waals surface area (Å²) in [6.07, 6.45) is -8.50. The maximum atomic E-state index is 13.5. The van der Waals surface area contributed by atoms with Crippen molar-refractivity contribution in [3.63, 3.8) is 0 Å². The van der Waals surface area contributed by atoms with Crippen LogP contribution in [0.2, 0.25) is 0 Å². The van der Waals surface area contributed by atoms with Crippen LogP contribution in [0.15, 0.2) is 33.5 Å². The highest BCUT2D eigenvalue weighted by molar-refractivity contribution is 5.89. The van der Waals surface area contributed by atoms with Gasteiger partial charge in [-0.2, -0.15) is 0 Å². The van der Waals surface area contributed by atoms with E-state index >= 15 is 0 Å². The summed E-state index contributed by atoms with van der Waals surface area (Å²) in [7, 11) is 1.23. The van der Waals surface area contributed by atoms with Gasteiger partial charge >= 0.3 is 0 Å². The van der Waals surface area contributed by atoms with Gasteiger partial charge in [0.05, 0.1) is 13.7 Å². The summed E-state index contributed by atoms with van der Waals surface area (Å²) in [6.45, 7) is -0.753. The van der Waals surface area contributed by atoms with E-state index in [4.69, 9.17) is 18.6 Å². The van der Waals surface area contributed by atoms with Gasteiger partial charge in [0, 0.05) is 17.7 Å². The number of aliphatic hydroxyl groups excluding tert-OH is 4. The van der Waals surface area contributed by atoms with Crippen LogP contribution in [0.4, 0.5) is 0 Å². The lowest BCUT2D eigenvalue weighted by Crippen LogP contribution is -2.60. The molecule has 2 heterocycles. The van der Waals surface area contributed by atoms with Gasteiger partial charge in [0.1, 0.15) is 46.9 Å². The molecule has 13 heteroatoms. The van der Waals surface area contributed by atoms with Gasteiger partial charge in [-0.15, -0.1) is 0 Å². The van der Waals surface area contributed by atoms with Crippen molar-refractivity contribution in [2.24, 2.45) is 0 Å². The van der Waals surface area contributed by atoms with Gasteiger partial charge in [-0.25, -0.2) is 0 Å². The first-order chi connectivity index (χ1) is 16.6. The molecule has 1 aliphatic heterocycles. The Morgan fingerprint density at radius 1 is 0.943 bits per heavy atom. The second-order valence-electron chi connectivity index (χ2n) is 7.79. The summed E-state index contributed by atoms with van der Waals surface area (Å²) in [5, 5.41) is 79.2. The van der Waals surface area contributed by atoms with Crippen molar-refractivity contribution in [3.05, 3.63) is 34.5 Å². The summed E-state index contributed by atoms with van der Waals surface area (Å²) >= 11 is 0. The molecule has 0 radical (unpaired) electrons. The maximum absolute atomic E-state index is 13.5. The summed E-state index contributed by atoms with van der Waals surface area (Å²) < 4.78 is 21.8. The van der Waals surface area contributed by atoms with Gasteiger partial charge in [0.2, 0.25) is 17.5 Å². The molecule has 0 spiro atoms. The average molecular weight is 494 g/mol. The van der Waals surface area contributed by atoms with Gasteiger partial charge in [0.25, 0.3) is 0 Å². The van der Waals surface area contributed by atoms with Crippen molar-refractivity contribution in [3.8, 4) is 45.8 Å². The van der Waals surface area contributed by atoms with Crippen LogP contribution in [-0.4, -0.2) is 85.3 Å².